The summed E-state index contributed by atoms with van der Waals surface area (Å²) in [7, 11) is 0. The summed E-state index contributed by atoms with van der Waals surface area (Å²) in [5, 5.41) is 31.4. The predicted molar refractivity (Wildman–Crippen MR) is 116 cm³/mol. The van der Waals surface area contributed by atoms with E-state index in [9.17, 15) is 29.4 Å². The maximum atomic E-state index is 13.2. The Hall–Kier alpha value is -3.94. The fraction of sp³-hybridized carbons (Fsp3) is 0.250. The van der Waals surface area contributed by atoms with E-state index in [0.29, 0.717) is 0 Å². The monoisotopic (exact) mass is 437 g/mol. The van der Waals surface area contributed by atoms with Gasteiger partial charge in [0.05, 0.1) is 17.3 Å². The summed E-state index contributed by atoms with van der Waals surface area (Å²) < 4.78 is 0. The summed E-state index contributed by atoms with van der Waals surface area (Å²) in [6, 6.07) is 2.04. The minimum Gasteiger partial charge on any atom is -0.506 e. The highest BCUT2D eigenvalue weighted by molar-refractivity contribution is 6.11. The quantitative estimate of drug-likeness (QED) is 0.343. The van der Waals surface area contributed by atoms with Gasteiger partial charge in [-0.25, -0.2) is 4.79 Å². The third kappa shape index (κ3) is 4.39. The molecule has 32 heavy (non-hydrogen) atoms. The second kappa shape index (κ2) is 9.05. The number of anilines is 1. The Kier molecular flexibility index (Phi) is 6.43. The number of phenols is 2. The Morgan fingerprint density at radius 2 is 1.41 bits per heavy atom. The average molecular weight is 437 g/mol. The Bertz CT molecular complexity index is 1030. The van der Waals surface area contributed by atoms with E-state index in [1.807, 2.05) is 0 Å². The van der Waals surface area contributed by atoms with Gasteiger partial charge >= 0.3 is 5.97 Å². The highest BCUT2D eigenvalue weighted by Crippen LogP contribution is 2.38. The van der Waals surface area contributed by atoms with Crippen LogP contribution in [0.3, 0.4) is 0 Å². The third-order valence-corrected chi connectivity index (χ3v) is 5.69. The van der Waals surface area contributed by atoms with Crippen molar-refractivity contribution in [3.8, 4) is 11.5 Å². The van der Waals surface area contributed by atoms with Crippen LogP contribution in [0.1, 0.15) is 30.1 Å². The zero-order chi connectivity index (χ0) is 23.5. The molecule has 166 valence electrons. The SMILES string of the molecule is CC(CCC(=O)Nc1c(O)ccc(C(=O)O)c1O)(C(=O)C1C=CC=C1)C(=O)C1C=CC=C1. The number of Topliss-reactive ketones (excluding diaryl/α,β-unsaturated/α-hetero) is 2. The van der Waals surface area contributed by atoms with E-state index in [1.54, 1.807) is 48.6 Å². The first-order valence-corrected chi connectivity index (χ1v) is 10.0. The van der Waals surface area contributed by atoms with E-state index in [0.717, 1.165) is 12.1 Å². The lowest BCUT2D eigenvalue weighted by atomic mass is 9.70. The van der Waals surface area contributed by atoms with E-state index in [4.69, 9.17) is 5.11 Å². The largest absolute Gasteiger partial charge is 0.506 e. The van der Waals surface area contributed by atoms with Crippen LogP contribution in [0.15, 0.2) is 60.7 Å². The average Bonchev–Trinajstić information content (AvgIpc) is 3.47. The lowest BCUT2D eigenvalue weighted by molar-refractivity contribution is -0.142. The number of hydrogen-bond donors (Lipinski definition) is 4. The Balaban J connectivity index is 1.80. The second-order valence-corrected chi connectivity index (χ2v) is 7.86. The summed E-state index contributed by atoms with van der Waals surface area (Å²) in [5.41, 5.74) is -2.40. The van der Waals surface area contributed by atoms with Gasteiger partial charge in [0.1, 0.15) is 17.0 Å². The van der Waals surface area contributed by atoms with E-state index < -0.39 is 51.9 Å². The summed E-state index contributed by atoms with van der Waals surface area (Å²) in [5.74, 6) is -5.22. The van der Waals surface area contributed by atoms with Gasteiger partial charge in [0, 0.05) is 6.42 Å². The zero-order valence-corrected chi connectivity index (χ0v) is 17.3. The van der Waals surface area contributed by atoms with Crippen molar-refractivity contribution < 1.29 is 34.5 Å². The number of amides is 1. The lowest BCUT2D eigenvalue weighted by Gasteiger charge is -2.30. The molecule has 1 amide bonds. The number of aromatic carboxylic acids is 1. The first kappa shape index (κ1) is 22.7. The molecule has 0 atom stereocenters. The second-order valence-electron chi connectivity index (χ2n) is 7.86. The van der Waals surface area contributed by atoms with Crippen molar-refractivity contribution in [1.82, 2.24) is 0 Å². The molecule has 8 heteroatoms. The van der Waals surface area contributed by atoms with Gasteiger partial charge in [0.2, 0.25) is 5.91 Å². The fourth-order valence-corrected chi connectivity index (χ4v) is 3.76. The van der Waals surface area contributed by atoms with Crippen molar-refractivity contribution in [2.75, 3.05) is 5.32 Å². The smallest absolute Gasteiger partial charge is 0.339 e. The highest BCUT2D eigenvalue weighted by Gasteiger charge is 2.45. The molecule has 2 aliphatic rings. The van der Waals surface area contributed by atoms with Gasteiger partial charge in [0.25, 0.3) is 0 Å². The molecule has 0 radical (unpaired) electrons. The van der Waals surface area contributed by atoms with E-state index in [2.05, 4.69) is 5.32 Å². The van der Waals surface area contributed by atoms with E-state index in [1.165, 1.54) is 6.92 Å². The fourth-order valence-electron chi connectivity index (χ4n) is 3.76. The molecule has 1 aromatic carbocycles. The number of nitrogens with one attached hydrogen (secondary N) is 1. The summed E-state index contributed by atoms with van der Waals surface area (Å²) in [6.07, 6.45) is 13.2. The first-order valence-electron chi connectivity index (χ1n) is 10.0. The van der Waals surface area contributed by atoms with Gasteiger partial charge in [-0.1, -0.05) is 48.6 Å². The van der Waals surface area contributed by atoms with Crippen LogP contribution in [0.25, 0.3) is 0 Å². The predicted octanol–water partition coefficient (Wildman–Crippen LogP) is 3.14. The molecule has 0 spiro atoms. The molecule has 0 bridgehead atoms. The van der Waals surface area contributed by atoms with Crippen molar-refractivity contribution in [3.63, 3.8) is 0 Å². The number of carbonyl (C=O) groups is 4. The van der Waals surface area contributed by atoms with Crippen LogP contribution in [0, 0.1) is 17.3 Å². The molecule has 0 fully saturated rings. The van der Waals surface area contributed by atoms with E-state index >= 15 is 0 Å². The first-order chi connectivity index (χ1) is 15.1. The third-order valence-electron chi connectivity index (χ3n) is 5.69. The van der Waals surface area contributed by atoms with Crippen LogP contribution in [0.4, 0.5) is 5.69 Å². The van der Waals surface area contributed by atoms with Gasteiger partial charge in [-0.05, 0) is 25.5 Å². The molecule has 0 saturated carbocycles. The lowest BCUT2D eigenvalue weighted by Crippen LogP contribution is -2.42. The van der Waals surface area contributed by atoms with Gasteiger partial charge in [-0.2, -0.15) is 0 Å². The van der Waals surface area contributed by atoms with Crippen molar-refractivity contribution in [3.05, 3.63) is 66.3 Å². The van der Waals surface area contributed by atoms with Crippen LogP contribution in [-0.2, 0) is 14.4 Å². The number of carbonyl (C=O) groups excluding carboxylic acids is 3. The number of benzene rings is 1. The molecule has 3 rings (SSSR count). The van der Waals surface area contributed by atoms with Gasteiger partial charge in [-0.3, -0.25) is 14.4 Å². The summed E-state index contributed by atoms with van der Waals surface area (Å²) in [6.45, 7) is 1.52. The van der Waals surface area contributed by atoms with Crippen molar-refractivity contribution in [2.45, 2.75) is 19.8 Å². The number of carboxylic acids is 1. The normalized spacial score (nSPS) is 15.4. The number of carboxylic acid groups (broad SMARTS) is 1. The maximum absolute atomic E-state index is 13.2. The molecule has 0 heterocycles. The van der Waals surface area contributed by atoms with Crippen LogP contribution < -0.4 is 5.32 Å². The Labute approximate surface area is 184 Å². The topological polar surface area (TPSA) is 141 Å². The van der Waals surface area contributed by atoms with Crippen LogP contribution in [0.2, 0.25) is 0 Å². The zero-order valence-electron chi connectivity index (χ0n) is 17.3. The number of ketones is 2. The molecular weight excluding hydrogens is 414 g/mol. The molecule has 1 aromatic rings. The number of allylic oxidation sites excluding steroid dienone is 8. The standard InChI is InChI=1S/C24H23NO7/c1-24(21(29)14-6-2-3-7-14,22(30)15-8-4-5-9-15)13-12-18(27)25-19-17(26)11-10-16(20(19)28)23(31)32/h2-11,14-15,26,28H,12-13H2,1H3,(H,25,27)(H,31,32). The highest BCUT2D eigenvalue weighted by atomic mass is 16.4. The van der Waals surface area contributed by atoms with Crippen LogP contribution in [-0.4, -0.2) is 38.8 Å². The van der Waals surface area contributed by atoms with Crippen molar-refractivity contribution >= 4 is 29.1 Å². The summed E-state index contributed by atoms with van der Waals surface area (Å²) in [4.78, 5) is 50.2. The molecule has 8 nitrogen and oxygen atoms in total. The molecule has 0 aromatic heterocycles. The van der Waals surface area contributed by atoms with E-state index in [-0.39, 0.29) is 24.4 Å². The van der Waals surface area contributed by atoms with Crippen LogP contribution in [0.5, 0.6) is 11.5 Å². The minimum absolute atomic E-state index is 0.104. The molecule has 0 aliphatic heterocycles. The summed E-state index contributed by atoms with van der Waals surface area (Å²) >= 11 is 0. The molecular formula is C24H23NO7. The molecule has 4 N–H and O–H groups in total. The molecule has 0 saturated heterocycles. The van der Waals surface area contributed by atoms with Gasteiger partial charge in [-0.15, -0.1) is 0 Å². The van der Waals surface area contributed by atoms with Crippen LogP contribution >= 0.6 is 0 Å². The Morgan fingerprint density at radius 1 is 0.906 bits per heavy atom. The Morgan fingerprint density at radius 3 is 1.88 bits per heavy atom. The number of phenolic OH excluding ortho intramolecular Hbond substituents is 1. The number of aromatic hydroxyl groups is 2. The minimum atomic E-state index is -1.46. The van der Waals surface area contributed by atoms with Gasteiger partial charge < -0.3 is 20.6 Å². The van der Waals surface area contributed by atoms with Gasteiger partial charge in [0.15, 0.2) is 17.3 Å². The molecule has 2 aliphatic carbocycles. The van der Waals surface area contributed by atoms with Crippen molar-refractivity contribution in [1.29, 1.82) is 0 Å². The molecule has 0 unspecified atom stereocenters. The van der Waals surface area contributed by atoms with Crippen molar-refractivity contribution in [2.24, 2.45) is 17.3 Å². The number of rotatable bonds is 9. The number of hydrogen-bond acceptors (Lipinski definition) is 6. The maximum Gasteiger partial charge on any atom is 0.339 e.